The van der Waals surface area contributed by atoms with Gasteiger partial charge in [-0.25, -0.2) is 0 Å². The predicted molar refractivity (Wildman–Crippen MR) is 365 cm³/mol. The van der Waals surface area contributed by atoms with Crippen LogP contribution < -0.4 is 26.6 Å². The zero-order valence-corrected chi connectivity index (χ0v) is 61.3. The molecule has 5 fully saturated rings. The summed E-state index contributed by atoms with van der Waals surface area (Å²) in [7, 11) is 8.43. The second-order valence-electron chi connectivity index (χ2n) is 29.8. The maximum Gasteiger partial charge on any atom is 0.391 e. The quantitative estimate of drug-likeness (QED) is 0.130. The molecule has 5 N–H and O–H groups in total. The molecule has 0 spiro atoms. The van der Waals surface area contributed by atoms with Gasteiger partial charge in [-0.15, -0.1) is 11.6 Å². The lowest BCUT2D eigenvalue weighted by Crippen LogP contribution is -2.60. The zero-order chi connectivity index (χ0) is 73.0. The number of carbonyl (C=O) groups is 12. The van der Waals surface area contributed by atoms with Crippen LogP contribution in [0, 0.1) is 41.4 Å². The van der Waals surface area contributed by atoms with Gasteiger partial charge in [-0.1, -0.05) is 80.1 Å². The van der Waals surface area contributed by atoms with Gasteiger partial charge in [-0.3, -0.25) is 57.5 Å². The molecule has 0 radical (unpaired) electrons. The standard InChI is InChI=1S/C70H116ClF3N12O12/c1-14-44(6)61-65(94)75-39-59(89)80(8)41-60(90)83(11)55(37-48-24-29-50(71)30-25-48)68(97)81(9)40-57(87)76-51(31-26-46-22-27-49(28-23-46)70(72,73)74)63(92)77-52(34-42(2)3)66(95)85(13)56(36-47-20-16-15-17-21-47)69(98)84(12)54(35-43(4)5)64(93)78-53(67(96)86-32-18-19-33-86)38-58(88)82(10)45(7)62(91)79-61/h42-56,61H,14-41H2,1-13H3,(H,75,94)(H,76,87)(H,77,92)(H,78,93)(H,79,91)/t44-,45-,46?,48?,49?,50?,51-,52-,53-,54-,55-,56-,61-/m0/s1. The van der Waals surface area contributed by atoms with Crippen LogP contribution in [0.5, 0.6) is 0 Å². The fourth-order valence-corrected chi connectivity index (χ4v) is 14.7. The van der Waals surface area contributed by atoms with Crippen LogP contribution in [0.2, 0.25) is 0 Å². The molecule has 0 unspecified atom stereocenters. The van der Waals surface area contributed by atoms with E-state index in [-0.39, 0.29) is 99.2 Å². The lowest BCUT2D eigenvalue weighted by Gasteiger charge is -2.39. The summed E-state index contributed by atoms with van der Waals surface area (Å²) in [6.45, 7) is 11.3. The molecule has 5 aliphatic rings. The molecule has 28 heteroatoms. The highest BCUT2D eigenvalue weighted by atomic mass is 35.5. The molecular weight excluding hydrogens is 1290 g/mol. The largest absolute Gasteiger partial charge is 0.391 e. The smallest absolute Gasteiger partial charge is 0.345 e. The van der Waals surface area contributed by atoms with Gasteiger partial charge in [0.15, 0.2) is 0 Å². The first kappa shape index (κ1) is 82.4. The number of likely N-dealkylation sites (N-methyl/N-ethyl adjacent to an activating group) is 6. The Morgan fingerprint density at radius 2 is 1.09 bits per heavy atom. The van der Waals surface area contributed by atoms with E-state index in [1.165, 1.54) is 63.9 Å². The lowest BCUT2D eigenvalue weighted by atomic mass is 9.79. The summed E-state index contributed by atoms with van der Waals surface area (Å²) in [6, 6.07) is -10.1. The Morgan fingerprint density at radius 3 is 1.66 bits per heavy atom. The molecular formula is C70H116ClF3N12O12. The molecule has 9 atom stereocenters. The van der Waals surface area contributed by atoms with Crippen molar-refractivity contribution in [3.8, 4) is 0 Å². The molecule has 2 aliphatic heterocycles. The van der Waals surface area contributed by atoms with Crippen molar-refractivity contribution in [2.45, 2.75) is 256 Å². The molecule has 0 bridgehead atoms. The number of likely N-dealkylation sites (tertiary alicyclic amines) is 1. The highest BCUT2D eigenvalue weighted by Gasteiger charge is 2.45. The fourth-order valence-electron chi connectivity index (χ4n) is 14.4. The van der Waals surface area contributed by atoms with Crippen molar-refractivity contribution in [1.82, 2.24) is 60.9 Å². The van der Waals surface area contributed by atoms with E-state index in [0.717, 1.165) is 46.8 Å². The van der Waals surface area contributed by atoms with E-state index in [0.29, 0.717) is 58.0 Å². The second kappa shape index (κ2) is 38.5. The van der Waals surface area contributed by atoms with Crippen LogP contribution in [-0.4, -0.2) is 240 Å². The van der Waals surface area contributed by atoms with E-state index in [1.54, 1.807) is 18.7 Å². The highest BCUT2D eigenvalue weighted by molar-refractivity contribution is 6.20. The van der Waals surface area contributed by atoms with Crippen LogP contribution in [0.15, 0.2) is 0 Å². The molecule has 3 aliphatic carbocycles. The van der Waals surface area contributed by atoms with Crippen molar-refractivity contribution in [3.05, 3.63) is 0 Å². The summed E-state index contributed by atoms with van der Waals surface area (Å²) in [5.74, 6) is -11.0. The maximum absolute atomic E-state index is 15.5. The van der Waals surface area contributed by atoms with Crippen LogP contribution in [0.1, 0.15) is 196 Å². The van der Waals surface area contributed by atoms with Gasteiger partial charge in [0.05, 0.1) is 32.0 Å². The van der Waals surface area contributed by atoms with Crippen LogP contribution in [0.25, 0.3) is 0 Å². The van der Waals surface area contributed by atoms with Crippen molar-refractivity contribution < 1.29 is 70.7 Å². The van der Waals surface area contributed by atoms with Gasteiger partial charge in [0.25, 0.3) is 0 Å². The Hall–Kier alpha value is -6.28. The summed E-state index contributed by atoms with van der Waals surface area (Å²) >= 11 is 6.49. The monoisotopic (exact) mass is 1410 g/mol. The first-order valence-corrected chi connectivity index (χ1v) is 36.5. The molecule has 0 aromatic heterocycles. The Labute approximate surface area is 584 Å². The summed E-state index contributed by atoms with van der Waals surface area (Å²) in [5.41, 5.74) is 0. The van der Waals surface area contributed by atoms with E-state index in [1.807, 2.05) is 27.7 Å². The predicted octanol–water partition coefficient (Wildman–Crippen LogP) is 5.76. The van der Waals surface area contributed by atoms with Crippen LogP contribution in [0.4, 0.5) is 13.2 Å². The van der Waals surface area contributed by atoms with E-state index < -0.39 is 163 Å². The summed E-state index contributed by atoms with van der Waals surface area (Å²) in [5, 5.41) is 13.8. The molecule has 24 nitrogen and oxygen atoms in total. The third-order valence-electron chi connectivity index (χ3n) is 21.3. The van der Waals surface area contributed by atoms with Crippen LogP contribution in [-0.2, 0) is 57.5 Å². The van der Waals surface area contributed by atoms with Crippen molar-refractivity contribution >= 4 is 82.5 Å². The van der Waals surface area contributed by atoms with Crippen molar-refractivity contribution in [1.29, 1.82) is 0 Å². The fraction of sp³-hybridized carbons (Fsp3) is 0.829. The number of nitrogens with zero attached hydrogens (tertiary/aromatic N) is 7. The molecule has 98 heavy (non-hydrogen) atoms. The SMILES string of the molecule is CC[C@H](C)[C@@H]1NC(=O)[C@H](C)N(C)C(=O)C[C@@H](C(=O)N2CCCC2)NC(=O)[C@H](CC(C)C)N(C)C(=O)[C@H](CC2CCCCC2)N(C)C(=O)[C@H](CC(C)C)NC(=O)[C@H](CCC2CCC(C(F)(F)F)CC2)NC(=O)CN(C)C(=O)[C@H](CC2CCC(Cl)CC2)N(C)C(=O)CN(C)C(=O)CNC1=O. The van der Waals surface area contributed by atoms with Gasteiger partial charge in [0.2, 0.25) is 70.9 Å². The first-order chi connectivity index (χ1) is 46.0. The summed E-state index contributed by atoms with van der Waals surface area (Å²) in [6.07, 6.45) is 4.66. The Bertz CT molecular complexity index is 2740. The second-order valence-corrected chi connectivity index (χ2v) is 30.4. The number of amides is 12. The van der Waals surface area contributed by atoms with Gasteiger partial charge >= 0.3 is 6.18 Å². The summed E-state index contributed by atoms with van der Waals surface area (Å²) < 4.78 is 41.5. The van der Waals surface area contributed by atoms with Gasteiger partial charge in [-0.2, -0.15) is 13.2 Å². The average molecular weight is 1410 g/mol. The number of rotatable bonds is 14. The number of carbonyl (C=O) groups excluding carboxylic acids is 12. The molecule has 2 saturated heterocycles. The van der Waals surface area contributed by atoms with Gasteiger partial charge < -0.3 is 60.9 Å². The molecule has 12 amide bonds. The maximum atomic E-state index is 15.5. The molecule has 2 heterocycles. The van der Waals surface area contributed by atoms with E-state index >= 15 is 19.2 Å². The number of hydrogen-bond donors (Lipinski definition) is 5. The normalized spacial score (nSPS) is 29.7. The third kappa shape index (κ3) is 24.2. The number of halogens is 4. The molecule has 0 aromatic carbocycles. The van der Waals surface area contributed by atoms with Crippen LogP contribution >= 0.6 is 11.6 Å². The lowest BCUT2D eigenvalue weighted by molar-refractivity contribution is -0.184. The van der Waals surface area contributed by atoms with Crippen molar-refractivity contribution in [2.24, 2.45) is 41.4 Å². The Balaban J connectivity index is 1.59. The minimum Gasteiger partial charge on any atom is -0.345 e. The number of hydrogen-bond acceptors (Lipinski definition) is 12. The zero-order valence-electron chi connectivity index (χ0n) is 60.6. The van der Waals surface area contributed by atoms with E-state index in [9.17, 15) is 51.5 Å². The summed E-state index contributed by atoms with van der Waals surface area (Å²) in [4.78, 5) is 184. The van der Waals surface area contributed by atoms with E-state index in [2.05, 4.69) is 26.6 Å². The first-order valence-electron chi connectivity index (χ1n) is 36.0. The average Bonchev–Trinajstić information content (AvgIpc) is 0.958. The third-order valence-corrected chi connectivity index (χ3v) is 21.8. The number of alkyl halides is 4. The molecule has 5 rings (SSSR count). The van der Waals surface area contributed by atoms with Gasteiger partial charge in [0.1, 0.15) is 48.3 Å². The van der Waals surface area contributed by atoms with Crippen LogP contribution in [0.3, 0.4) is 0 Å². The molecule has 3 saturated carbocycles. The van der Waals surface area contributed by atoms with Gasteiger partial charge in [0, 0.05) is 60.8 Å². The molecule has 0 aromatic rings. The van der Waals surface area contributed by atoms with E-state index in [4.69, 9.17) is 11.6 Å². The van der Waals surface area contributed by atoms with Crippen molar-refractivity contribution in [3.63, 3.8) is 0 Å². The minimum atomic E-state index is -4.36. The molecule has 556 valence electrons. The number of nitrogens with one attached hydrogen (secondary N) is 5. The Kier molecular flexibility index (Phi) is 32.4. The topological polar surface area (TPSA) is 288 Å². The highest BCUT2D eigenvalue weighted by Crippen LogP contribution is 2.41. The minimum absolute atomic E-state index is 0.0130. The van der Waals surface area contributed by atoms with Gasteiger partial charge in [-0.05, 0) is 145 Å². The van der Waals surface area contributed by atoms with Crippen molar-refractivity contribution in [2.75, 3.05) is 75.0 Å². The Morgan fingerprint density at radius 1 is 0.531 bits per heavy atom.